The van der Waals surface area contributed by atoms with Crippen LogP contribution in [0.1, 0.15) is 38.2 Å². The Balaban J connectivity index is 2.06. The van der Waals surface area contributed by atoms with E-state index in [1.54, 1.807) is 0 Å². The van der Waals surface area contributed by atoms with Gasteiger partial charge in [0.1, 0.15) is 0 Å². The molecule has 2 N–H and O–H groups in total. The van der Waals surface area contributed by atoms with E-state index in [0.717, 1.165) is 22.9 Å². The van der Waals surface area contributed by atoms with Crippen LogP contribution >= 0.6 is 27.5 Å². The third-order valence-corrected chi connectivity index (χ3v) is 5.03. The molecule has 19 heavy (non-hydrogen) atoms. The molecule has 0 bridgehead atoms. The minimum Gasteiger partial charge on any atom is -0.390 e. The molecule has 1 fully saturated rings. The lowest BCUT2D eigenvalue weighted by molar-refractivity contribution is -0.102. The van der Waals surface area contributed by atoms with Gasteiger partial charge in [0.05, 0.1) is 11.7 Å². The van der Waals surface area contributed by atoms with E-state index in [0.29, 0.717) is 30.2 Å². The summed E-state index contributed by atoms with van der Waals surface area (Å²) in [5, 5.41) is 21.5. The summed E-state index contributed by atoms with van der Waals surface area (Å²) < 4.78 is 0.918. The van der Waals surface area contributed by atoms with E-state index >= 15 is 0 Å². The third kappa shape index (κ3) is 3.72. The molecule has 0 saturated heterocycles. The Morgan fingerprint density at radius 2 is 2.05 bits per heavy atom. The van der Waals surface area contributed by atoms with Crippen molar-refractivity contribution in [2.75, 3.05) is 0 Å². The molecule has 1 saturated carbocycles. The lowest BCUT2D eigenvalue weighted by Crippen LogP contribution is -2.46. The highest BCUT2D eigenvalue weighted by molar-refractivity contribution is 9.10. The summed E-state index contributed by atoms with van der Waals surface area (Å²) in [5.41, 5.74) is -0.0764. The molecular formula is C15H20BrClO2. The predicted octanol–water partition coefficient (Wildman–Crippen LogP) is 3.95. The fraction of sp³-hybridized carbons (Fsp3) is 0.600. The van der Waals surface area contributed by atoms with E-state index in [2.05, 4.69) is 22.9 Å². The number of benzene rings is 1. The van der Waals surface area contributed by atoms with Crippen molar-refractivity contribution in [1.29, 1.82) is 0 Å². The molecule has 1 aromatic rings. The summed E-state index contributed by atoms with van der Waals surface area (Å²) in [6, 6.07) is 5.61. The zero-order valence-electron chi connectivity index (χ0n) is 11.1. The Kier molecular flexibility index (Phi) is 4.93. The molecular weight excluding hydrogens is 328 g/mol. The summed E-state index contributed by atoms with van der Waals surface area (Å²) in [4.78, 5) is 0. The fourth-order valence-electron chi connectivity index (χ4n) is 2.68. The summed E-state index contributed by atoms with van der Waals surface area (Å²) in [6.07, 6.45) is 2.94. The van der Waals surface area contributed by atoms with Gasteiger partial charge >= 0.3 is 0 Å². The number of rotatable bonds is 3. The van der Waals surface area contributed by atoms with Crippen LogP contribution in [0.2, 0.25) is 5.02 Å². The lowest BCUT2D eigenvalue weighted by atomic mass is 9.75. The Hall–Kier alpha value is -0.0900. The predicted molar refractivity (Wildman–Crippen MR) is 81.4 cm³/mol. The molecule has 2 nitrogen and oxygen atoms in total. The van der Waals surface area contributed by atoms with E-state index in [9.17, 15) is 10.2 Å². The Morgan fingerprint density at radius 3 is 2.63 bits per heavy atom. The van der Waals surface area contributed by atoms with E-state index in [4.69, 9.17) is 11.6 Å². The molecule has 0 spiro atoms. The van der Waals surface area contributed by atoms with Crippen LogP contribution in [-0.4, -0.2) is 21.9 Å². The van der Waals surface area contributed by atoms with E-state index in [1.807, 2.05) is 18.2 Å². The normalized spacial score (nSPS) is 29.2. The highest BCUT2D eigenvalue weighted by Crippen LogP contribution is 2.36. The second kappa shape index (κ2) is 6.13. The van der Waals surface area contributed by atoms with Crippen LogP contribution in [0.15, 0.2) is 22.7 Å². The topological polar surface area (TPSA) is 40.5 Å². The first-order chi connectivity index (χ1) is 8.90. The van der Waals surface area contributed by atoms with Gasteiger partial charge in [-0.1, -0.05) is 40.5 Å². The molecule has 0 amide bonds. The van der Waals surface area contributed by atoms with Crippen LogP contribution in [0, 0.1) is 5.92 Å². The molecule has 1 aliphatic carbocycles. The molecule has 0 aromatic heterocycles. The smallest absolute Gasteiger partial charge is 0.0909 e. The van der Waals surface area contributed by atoms with Gasteiger partial charge in [0, 0.05) is 15.9 Å². The second-order valence-electron chi connectivity index (χ2n) is 5.74. The van der Waals surface area contributed by atoms with Gasteiger partial charge in [0.2, 0.25) is 0 Å². The van der Waals surface area contributed by atoms with Crippen LogP contribution in [0.5, 0.6) is 0 Å². The molecule has 0 aliphatic heterocycles. The van der Waals surface area contributed by atoms with Crippen molar-refractivity contribution in [3.05, 3.63) is 33.3 Å². The molecule has 106 valence electrons. The van der Waals surface area contributed by atoms with E-state index < -0.39 is 11.7 Å². The zero-order chi connectivity index (χ0) is 14.0. The van der Waals surface area contributed by atoms with E-state index in [-0.39, 0.29) is 0 Å². The fourth-order valence-corrected chi connectivity index (χ4v) is 3.43. The zero-order valence-corrected chi connectivity index (χ0v) is 13.4. The van der Waals surface area contributed by atoms with Crippen LogP contribution in [-0.2, 0) is 6.42 Å². The van der Waals surface area contributed by atoms with Crippen molar-refractivity contribution in [2.24, 2.45) is 5.92 Å². The first-order valence-electron chi connectivity index (χ1n) is 6.75. The maximum Gasteiger partial charge on any atom is 0.0909 e. The first-order valence-corrected chi connectivity index (χ1v) is 7.92. The maximum absolute atomic E-state index is 10.6. The number of hydrogen-bond donors (Lipinski definition) is 2. The standard InChI is InChI=1S/C15H20BrClO2/c1-10-4-6-15(19,7-5-10)14(18)8-11-2-3-12(16)9-13(11)17/h2-3,9-10,14,18-19H,4-8H2,1H3. The molecule has 4 heteroatoms. The SMILES string of the molecule is CC1CCC(O)(C(O)Cc2ccc(Br)cc2Cl)CC1. The van der Waals surface area contributed by atoms with Gasteiger partial charge in [0.15, 0.2) is 0 Å². The molecule has 1 atom stereocenters. The van der Waals surface area contributed by atoms with Crippen LogP contribution < -0.4 is 0 Å². The largest absolute Gasteiger partial charge is 0.390 e. The first kappa shape index (κ1) is 15.3. The Labute approximate surface area is 127 Å². The van der Waals surface area contributed by atoms with Crippen molar-refractivity contribution >= 4 is 27.5 Å². The average molecular weight is 348 g/mol. The van der Waals surface area contributed by atoms with Crippen LogP contribution in [0.4, 0.5) is 0 Å². The molecule has 2 rings (SSSR count). The van der Waals surface area contributed by atoms with Crippen LogP contribution in [0.3, 0.4) is 0 Å². The number of hydrogen-bond acceptors (Lipinski definition) is 2. The summed E-state index contributed by atoms with van der Waals surface area (Å²) in [7, 11) is 0. The van der Waals surface area contributed by atoms with Crippen molar-refractivity contribution < 1.29 is 10.2 Å². The van der Waals surface area contributed by atoms with Crippen molar-refractivity contribution in [3.63, 3.8) is 0 Å². The highest BCUT2D eigenvalue weighted by Gasteiger charge is 2.38. The van der Waals surface area contributed by atoms with Gasteiger partial charge < -0.3 is 10.2 Å². The summed E-state index contributed by atoms with van der Waals surface area (Å²) in [5.74, 6) is 0.642. The number of aliphatic hydroxyl groups is 2. The second-order valence-corrected chi connectivity index (χ2v) is 7.06. The lowest BCUT2D eigenvalue weighted by Gasteiger charge is -2.38. The van der Waals surface area contributed by atoms with E-state index in [1.165, 1.54) is 0 Å². The van der Waals surface area contributed by atoms with Crippen molar-refractivity contribution in [3.8, 4) is 0 Å². The maximum atomic E-state index is 10.6. The van der Waals surface area contributed by atoms with Gasteiger partial charge in [-0.15, -0.1) is 0 Å². The van der Waals surface area contributed by atoms with Gasteiger partial charge in [-0.05, 0) is 49.3 Å². The van der Waals surface area contributed by atoms with Crippen molar-refractivity contribution in [2.45, 2.75) is 50.7 Å². The Bertz CT molecular complexity index is 442. The highest BCUT2D eigenvalue weighted by atomic mass is 79.9. The minimum atomic E-state index is -0.955. The van der Waals surface area contributed by atoms with Gasteiger partial charge in [0.25, 0.3) is 0 Å². The molecule has 1 aliphatic rings. The average Bonchev–Trinajstić information content (AvgIpc) is 2.36. The monoisotopic (exact) mass is 346 g/mol. The molecule has 1 unspecified atom stereocenters. The number of halogens is 2. The molecule has 1 aromatic carbocycles. The third-order valence-electron chi connectivity index (χ3n) is 4.19. The van der Waals surface area contributed by atoms with Gasteiger partial charge in [-0.3, -0.25) is 0 Å². The number of aliphatic hydroxyl groups excluding tert-OH is 1. The molecule has 0 radical (unpaired) electrons. The summed E-state index contributed by atoms with van der Waals surface area (Å²) >= 11 is 9.52. The minimum absolute atomic E-state index is 0.400. The van der Waals surface area contributed by atoms with Gasteiger partial charge in [-0.25, -0.2) is 0 Å². The van der Waals surface area contributed by atoms with Gasteiger partial charge in [-0.2, -0.15) is 0 Å². The quantitative estimate of drug-likeness (QED) is 0.869. The molecule has 0 heterocycles. The van der Waals surface area contributed by atoms with Crippen molar-refractivity contribution in [1.82, 2.24) is 0 Å². The summed E-state index contributed by atoms with van der Waals surface area (Å²) in [6.45, 7) is 2.19. The Morgan fingerprint density at radius 1 is 1.42 bits per heavy atom. The van der Waals surface area contributed by atoms with Crippen LogP contribution in [0.25, 0.3) is 0 Å².